The molecule has 8 nitrogen and oxygen atoms in total. The molecule has 0 spiro atoms. The highest BCUT2D eigenvalue weighted by Crippen LogP contribution is 2.21. The van der Waals surface area contributed by atoms with Crippen molar-refractivity contribution in [3.63, 3.8) is 0 Å². The van der Waals surface area contributed by atoms with Crippen molar-refractivity contribution in [2.24, 2.45) is 0 Å². The molecular weight excluding hydrogens is 346 g/mol. The van der Waals surface area contributed by atoms with Crippen molar-refractivity contribution in [1.29, 1.82) is 0 Å². The SMILES string of the molecule is CCOC(=O)N1CCC(Nc2nccc(Nc3cccc(OC)c3)n2)CC1. The van der Waals surface area contributed by atoms with Gasteiger partial charge in [0.05, 0.1) is 13.7 Å². The van der Waals surface area contributed by atoms with E-state index in [1.165, 1.54) is 0 Å². The minimum atomic E-state index is -0.239. The van der Waals surface area contributed by atoms with Crippen LogP contribution in [0.5, 0.6) is 5.75 Å². The van der Waals surface area contributed by atoms with Crippen LogP contribution in [0, 0.1) is 0 Å². The van der Waals surface area contributed by atoms with Crippen molar-refractivity contribution in [1.82, 2.24) is 14.9 Å². The van der Waals surface area contributed by atoms with E-state index in [1.54, 1.807) is 18.2 Å². The number of aromatic nitrogens is 2. The molecule has 1 aromatic heterocycles. The van der Waals surface area contributed by atoms with E-state index in [2.05, 4.69) is 20.6 Å². The van der Waals surface area contributed by atoms with Gasteiger partial charge in [-0.2, -0.15) is 4.98 Å². The van der Waals surface area contributed by atoms with Crippen LogP contribution in [0.3, 0.4) is 0 Å². The molecule has 1 aromatic carbocycles. The molecule has 2 heterocycles. The molecule has 8 heteroatoms. The van der Waals surface area contributed by atoms with Crippen LogP contribution in [0.2, 0.25) is 0 Å². The van der Waals surface area contributed by atoms with Crippen LogP contribution in [-0.4, -0.2) is 53.8 Å². The number of hydrogen-bond acceptors (Lipinski definition) is 7. The number of methoxy groups -OCH3 is 1. The lowest BCUT2D eigenvalue weighted by molar-refractivity contribution is 0.0983. The standard InChI is InChI=1S/C19H25N5O3/c1-3-27-19(25)24-11-8-14(9-12-24)22-18-20-10-7-17(23-18)21-15-5-4-6-16(13-15)26-2/h4-7,10,13-14H,3,8-9,11-12H2,1-2H3,(H2,20,21,22,23). The number of nitrogens with one attached hydrogen (secondary N) is 2. The van der Waals surface area contributed by atoms with E-state index < -0.39 is 0 Å². The number of carbonyl (C=O) groups is 1. The maximum Gasteiger partial charge on any atom is 0.409 e. The Bertz CT molecular complexity index is 763. The predicted molar refractivity (Wildman–Crippen MR) is 104 cm³/mol. The number of benzene rings is 1. The van der Waals surface area contributed by atoms with Crippen molar-refractivity contribution >= 4 is 23.5 Å². The van der Waals surface area contributed by atoms with E-state index in [9.17, 15) is 4.79 Å². The van der Waals surface area contributed by atoms with Crippen molar-refractivity contribution in [2.45, 2.75) is 25.8 Å². The number of likely N-dealkylation sites (tertiary alicyclic amines) is 1. The number of amides is 1. The molecule has 3 rings (SSSR count). The summed E-state index contributed by atoms with van der Waals surface area (Å²) in [6.45, 7) is 3.55. The number of rotatable bonds is 6. The van der Waals surface area contributed by atoms with Gasteiger partial charge in [0.1, 0.15) is 11.6 Å². The van der Waals surface area contributed by atoms with Crippen LogP contribution >= 0.6 is 0 Å². The summed E-state index contributed by atoms with van der Waals surface area (Å²) in [5, 5.41) is 6.61. The second-order valence-electron chi connectivity index (χ2n) is 6.23. The summed E-state index contributed by atoms with van der Waals surface area (Å²) in [6.07, 6.45) is 3.13. The van der Waals surface area contributed by atoms with Crippen LogP contribution in [0.4, 0.5) is 22.2 Å². The Morgan fingerprint density at radius 2 is 2.11 bits per heavy atom. The summed E-state index contributed by atoms with van der Waals surface area (Å²) < 4.78 is 10.3. The molecule has 0 saturated carbocycles. The normalized spacial score (nSPS) is 14.5. The molecule has 2 N–H and O–H groups in total. The first-order valence-corrected chi connectivity index (χ1v) is 9.10. The maximum absolute atomic E-state index is 11.8. The van der Waals surface area contributed by atoms with Gasteiger partial charge < -0.3 is 25.0 Å². The van der Waals surface area contributed by atoms with Gasteiger partial charge in [-0.15, -0.1) is 0 Å². The zero-order chi connectivity index (χ0) is 19.1. The monoisotopic (exact) mass is 371 g/mol. The third-order valence-corrected chi connectivity index (χ3v) is 4.35. The van der Waals surface area contributed by atoms with Crippen LogP contribution < -0.4 is 15.4 Å². The molecule has 1 aliphatic heterocycles. The molecule has 144 valence electrons. The number of carbonyl (C=O) groups excluding carboxylic acids is 1. The van der Waals surface area contributed by atoms with Gasteiger partial charge in [0.25, 0.3) is 0 Å². The van der Waals surface area contributed by atoms with Gasteiger partial charge in [-0.3, -0.25) is 0 Å². The highest BCUT2D eigenvalue weighted by Gasteiger charge is 2.23. The number of ether oxygens (including phenoxy) is 2. The Morgan fingerprint density at radius 1 is 1.30 bits per heavy atom. The quantitative estimate of drug-likeness (QED) is 0.806. The number of hydrogen-bond donors (Lipinski definition) is 2. The smallest absolute Gasteiger partial charge is 0.409 e. The van der Waals surface area contributed by atoms with Crippen molar-refractivity contribution in [3.05, 3.63) is 36.5 Å². The van der Waals surface area contributed by atoms with Gasteiger partial charge >= 0.3 is 6.09 Å². The van der Waals surface area contributed by atoms with Gasteiger partial charge in [0.2, 0.25) is 5.95 Å². The van der Waals surface area contributed by atoms with Gasteiger partial charge in [-0.25, -0.2) is 9.78 Å². The second-order valence-corrected chi connectivity index (χ2v) is 6.23. The van der Waals surface area contributed by atoms with Gasteiger partial charge in [0.15, 0.2) is 0 Å². The minimum absolute atomic E-state index is 0.225. The first kappa shape index (κ1) is 18.8. The van der Waals surface area contributed by atoms with E-state index in [4.69, 9.17) is 9.47 Å². The van der Waals surface area contributed by atoms with Crippen LogP contribution in [0.15, 0.2) is 36.5 Å². The molecule has 1 saturated heterocycles. The fraction of sp³-hybridized carbons (Fsp3) is 0.421. The first-order chi connectivity index (χ1) is 13.2. The van der Waals surface area contributed by atoms with Gasteiger partial charge in [-0.1, -0.05) is 6.07 Å². The van der Waals surface area contributed by atoms with E-state index >= 15 is 0 Å². The molecule has 1 amide bonds. The summed E-state index contributed by atoms with van der Waals surface area (Å²) in [7, 11) is 1.64. The third-order valence-electron chi connectivity index (χ3n) is 4.35. The summed E-state index contributed by atoms with van der Waals surface area (Å²) in [5.74, 6) is 2.04. The Morgan fingerprint density at radius 3 is 2.85 bits per heavy atom. The molecule has 0 aliphatic carbocycles. The molecule has 0 atom stereocenters. The summed E-state index contributed by atoms with van der Waals surface area (Å²) >= 11 is 0. The van der Waals surface area contributed by atoms with E-state index in [0.717, 1.165) is 24.3 Å². The largest absolute Gasteiger partial charge is 0.497 e. The Kier molecular flexibility index (Phi) is 6.30. The lowest BCUT2D eigenvalue weighted by Gasteiger charge is -2.31. The predicted octanol–water partition coefficient (Wildman–Crippen LogP) is 3.26. The molecule has 1 fully saturated rings. The lowest BCUT2D eigenvalue weighted by atomic mass is 10.1. The molecule has 1 aliphatic rings. The lowest BCUT2D eigenvalue weighted by Crippen LogP contribution is -2.42. The number of anilines is 3. The minimum Gasteiger partial charge on any atom is -0.497 e. The average Bonchev–Trinajstić information content (AvgIpc) is 2.69. The van der Waals surface area contributed by atoms with Gasteiger partial charge in [-0.05, 0) is 38.0 Å². The molecule has 27 heavy (non-hydrogen) atoms. The topological polar surface area (TPSA) is 88.6 Å². The molecule has 0 unspecified atom stereocenters. The first-order valence-electron chi connectivity index (χ1n) is 9.10. The van der Waals surface area contributed by atoms with Gasteiger partial charge in [0, 0.05) is 37.1 Å². The maximum atomic E-state index is 11.8. The highest BCUT2D eigenvalue weighted by molar-refractivity contribution is 5.67. The Balaban J connectivity index is 1.56. The van der Waals surface area contributed by atoms with E-state index in [1.807, 2.05) is 37.3 Å². The van der Waals surface area contributed by atoms with E-state index in [-0.39, 0.29) is 12.1 Å². The molecule has 0 radical (unpaired) electrons. The summed E-state index contributed by atoms with van der Waals surface area (Å²) in [5.41, 5.74) is 0.891. The summed E-state index contributed by atoms with van der Waals surface area (Å²) in [6, 6.07) is 9.69. The van der Waals surface area contributed by atoms with Crippen LogP contribution in [-0.2, 0) is 4.74 Å². The highest BCUT2D eigenvalue weighted by atomic mass is 16.6. The average molecular weight is 371 g/mol. The molecule has 0 bridgehead atoms. The van der Waals surface area contributed by atoms with Crippen LogP contribution in [0.25, 0.3) is 0 Å². The van der Waals surface area contributed by atoms with E-state index in [0.29, 0.717) is 31.5 Å². The Hall–Kier alpha value is -3.03. The fourth-order valence-electron chi connectivity index (χ4n) is 2.95. The van der Waals surface area contributed by atoms with Crippen molar-refractivity contribution in [2.75, 3.05) is 37.4 Å². The Labute approximate surface area is 158 Å². The third kappa shape index (κ3) is 5.22. The fourth-order valence-corrected chi connectivity index (χ4v) is 2.95. The molecular formula is C19H25N5O3. The zero-order valence-electron chi connectivity index (χ0n) is 15.6. The summed E-state index contributed by atoms with van der Waals surface area (Å²) in [4.78, 5) is 22.3. The number of piperidine rings is 1. The second kappa shape index (κ2) is 9.07. The molecule has 2 aromatic rings. The van der Waals surface area contributed by atoms with Crippen molar-refractivity contribution < 1.29 is 14.3 Å². The zero-order valence-corrected chi connectivity index (χ0v) is 15.6. The number of nitrogens with zero attached hydrogens (tertiary/aromatic N) is 3. The van der Waals surface area contributed by atoms with Crippen LogP contribution in [0.1, 0.15) is 19.8 Å². The van der Waals surface area contributed by atoms with Crippen molar-refractivity contribution in [3.8, 4) is 5.75 Å².